The van der Waals surface area contributed by atoms with E-state index in [9.17, 15) is 0 Å². The van der Waals surface area contributed by atoms with E-state index >= 15 is 0 Å². The molecule has 1 heteroatoms. The van der Waals surface area contributed by atoms with Gasteiger partial charge < -0.3 is 0 Å². The molecular weight excluding hydrogens is 296 g/mol. The molecule has 0 aliphatic rings. The molecule has 0 bridgehead atoms. The van der Waals surface area contributed by atoms with Gasteiger partial charge in [0.05, 0.1) is 0 Å². The summed E-state index contributed by atoms with van der Waals surface area (Å²) in [6, 6.07) is 8.50. The number of aryl methyl sites for hydroxylation is 1. The highest BCUT2D eigenvalue weighted by Crippen LogP contribution is 2.17. The summed E-state index contributed by atoms with van der Waals surface area (Å²) in [6.07, 6.45) is 21.2. The SMILES string of the molecule is CCCCCCCCCCCCCCCCc1ccccc1S. The summed E-state index contributed by atoms with van der Waals surface area (Å²) < 4.78 is 0. The Morgan fingerprint density at radius 3 is 1.52 bits per heavy atom. The molecule has 132 valence electrons. The zero-order chi connectivity index (χ0) is 16.6. The Kier molecular flexibility index (Phi) is 13.6. The van der Waals surface area contributed by atoms with Crippen molar-refractivity contribution in [3.05, 3.63) is 29.8 Å². The summed E-state index contributed by atoms with van der Waals surface area (Å²) in [7, 11) is 0. The molecule has 0 unspecified atom stereocenters. The summed E-state index contributed by atoms with van der Waals surface area (Å²) in [6.45, 7) is 2.29. The highest BCUT2D eigenvalue weighted by atomic mass is 32.1. The molecule has 0 aliphatic heterocycles. The fraction of sp³-hybridized carbons (Fsp3) is 0.727. The molecule has 0 amide bonds. The molecule has 0 radical (unpaired) electrons. The number of thiol groups is 1. The standard InChI is InChI=1S/C22H38S/c1-2-3-4-5-6-7-8-9-10-11-12-13-14-15-18-21-19-16-17-20-22(21)23/h16-17,19-20,23H,2-15,18H2,1H3. The van der Waals surface area contributed by atoms with Gasteiger partial charge in [0, 0.05) is 4.90 Å². The first kappa shape index (κ1) is 20.6. The number of hydrogen-bond donors (Lipinski definition) is 1. The van der Waals surface area contributed by atoms with Gasteiger partial charge >= 0.3 is 0 Å². The quantitative estimate of drug-likeness (QED) is 0.244. The van der Waals surface area contributed by atoms with Crippen LogP contribution < -0.4 is 0 Å². The molecule has 1 aromatic rings. The van der Waals surface area contributed by atoms with Crippen LogP contribution >= 0.6 is 12.6 Å². The van der Waals surface area contributed by atoms with Gasteiger partial charge in [0.25, 0.3) is 0 Å². The molecule has 0 atom stereocenters. The monoisotopic (exact) mass is 334 g/mol. The van der Waals surface area contributed by atoms with Crippen molar-refractivity contribution in [2.75, 3.05) is 0 Å². The molecule has 1 aromatic carbocycles. The van der Waals surface area contributed by atoms with Crippen molar-refractivity contribution in [3.8, 4) is 0 Å². The molecular formula is C22H38S. The van der Waals surface area contributed by atoms with Crippen LogP contribution in [0.15, 0.2) is 29.2 Å². The summed E-state index contributed by atoms with van der Waals surface area (Å²) in [4.78, 5) is 1.15. The molecule has 0 saturated heterocycles. The smallest absolute Gasteiger partial charge is 0.00720 e. The Bertz CT molecular complexity index is 372. The zero-order valence-electron chi connectivity index (χ0n) is 15.4. The third-order valence-electron chi connectivity index (χ3n) is 4.79. The maximum Gasteiger partial charge on any atom is 0.00720 e. The minimum absolute atomic E-state index is 1.15. The topological polar surface area (TPSA) is 0 Å². The van der Waals surface area contributed by atoms with E-state index < -0.39 is 0 Å². The lowest BCUT2D eigenvalue weighted by molar-refractivity contribution is 0.535. The van der Waals surface area contributed by atoms with Crippen molar-refractivity contribution < 1.29 is 0 Å². The molecule has 0 aliphatic carbocycles. The first-order chi connectivity index (χ1) is 11.3. The molecule has 0 spiro atoms. The van der Waals surface area contributed by atoms with Crippen LogP contribution in [0.25, 0.3) is 0 Å². The zero-order valence-corrected chi connectivity index (χ0v) is 16.3. The largest absolute Gasteiger partial charge is 0.143 e. The lowest BCUT2D eigenvalue weighted by atomic mass is 10.0. The Morgan fingerprint density at radius 2 is 1.04 bits per heavy atom. The summed E-state index contributed by atoms with van der Waals surface area (Å²) >= 11 is 4.52. The second-order valence-electron chi connectivity index (χ2n) is 6.97. The van der Waals surface area contributed by atoms with Crippen LogP contribution in [-0.2, 0) is 6.42 Å². The molecule has 0 heterocycles. The van der Waals surface area contributed by atoms with E-state index in [0.717, 1.165) is 4.90 Å². The van der Waals surface area contributed by atoms with Crippen LogP contribution in [0, 0.1) is 0 Å². The van der Waals surface area contributed by atoms with E-state index in [1.54, 1.807) is 0 Å². The van der Waals surface area contributed by atoms with Crippen molar-refractivity contribution >= 4 is 12.6 Å². The Hall–Kier alpha value is -0.430. The van der Waals surface area contributed by atoms with Gasteiger partial charge in [0.1, 0.15) is 0 Å². The average Bonchev–Trinajstić information content (AvgIpc) is 2.57. The highest BCUT2D eigenvalue weighted by molar-refractivity contribution is 7.80. The van der Waals surface area contributed by atoms with Gasteiger partial charge in [-0.25, -0.2) is 0 Å². The third-order valence-corrected chi connectivity index (χ3v) is 5.23. The van der Waals surface area contributed by atoms with Crippen LogP contribution in [-0.4, -0.2) is 0 Å². The third kappa shape index (κ3) is 11.7. The molecule has 0 nitrogen and oxygen atoms in total. The highest BCUT2D eigenvalue weighted by Gasteiger charge is 1.98. The van der Waals surface area contributed by atoms with Crippen molar-refractivity contribution in [2.24, 2.45) is 0 Å². The number of rotatable bonds is 15. The number of hydrogen-bond acceptors (Lipinski definition) is 1. The van der Waals surface area contributed by atoms with Crippen LogP contribution in [0.2, 0.25) is 0 Å². The van der Waals surface area contributed by atoms with Gasteiger partial charge in [-0.15, -0.1) is 12.6 Å². The van der Waals surface area contributed by atoms with Crippen LogP contribution in [0.3, 0.4) is 0 Å². The summed E-state index contributed by atoms with van der Waals surface area (Å²) in [5, 5.41) is 0. The van der Waals surface area contributed by atoms with Gasteiger partial charge in [-0.2, -0.15) is 0 Å². The molecule has 0 saturated carbocycles. The van der Waals surface area contributed by atoms with Crippen molar-refractivity contribution in [1.29, 1.82) is 0 Å². The van der Waals surface area contributed by atoms with Crippen LogP contribution in [0.5, 0.6) is 0 Å². The second-order valence-corrected chi connectivity index (χ2v) is 7.46. The molecule has 23 heavy (non-hydrogen) atoms. The van der Waals surface area contributed by atoms with E-state index in [4.69, 9.17) is 0 Å². The van der Waals surface area contributed by atoms with Crippen molar-refractivity contribution in [2.45, 2.75) is 108 Å². The van der Waals surface area contributed by atoms with Crippen LogP contribution in [0.1, 0.15) is 102 Å². The second kappa shape index (κ2) is 15.1. The maximum absolute atomic E-state index is 4.52. The van der Waals surface area contributed by atoms with Gasteiger partial charge in [0.2, 0.25) is 0 Å². The van der Waals surface area contributed by atoms with Gasteiger partial charge in [-0.05, 0) is 24.5 Å². The summed E-state index contributed by atoms with van der Waals surface area (Å²) in [5.74, 6) is 0. The Morgan fingerprint density at radius 1 is 0.609 bits per heavy atom. The predicted molar refractivity (Wildman–Crippen MR) is 108 cm³/mol. The van der Waals surface area contributed by atoms with Crippen molar-refractivity contribution in [3.63, 3.8) is 0 Å². The van der Waals surface area contributed by atoms with Gasteiger partial charge in [0.15, 0.2) is 0 Å². The lowest BCUT2D eigenvalue weighted by Gasteiger charge is -2.05. The molecule has 0 aromatic heterocycles. The average molecular weight is 335 g/mol. The van der Waals surface area contributed by atoms with Crippen molar-refractivity contribution in [1.82, 2.24) is 0 Å². The fourth-order valence-corrected chi connectivity index (χ4v) is 3.50. The fourth-order valence-electron chi connectivity index (χ4n) is 3.23. The van der Waals surface area contributed by atoms with E-state index in [0.29, 0.717) is 0 Å². The Labute approximate surface area is 150 Å². The van der Waals surface area contributed by atoms with E-state index in [1.165, 1.54) is 102 Å². The molecule has 0 fully saturated rings. The number of unbranched alkanes of at least 4 members (excludes halogenated alkanes) is 13. The lowest BCUT2D eigenvalue weighted by Crippen LogP contribution is -1.88. The first-order valence-electron chi connectivity index (χ1n) is 10.1. The van der Waals surface area contributed by atoms with Gasteiger partial charge in [-0.3, -0.25) is 0 Å². The normalized spacial score (nSPS) is 11.0. The Balaban J connectivity index is 1.79. The van der Waals surface area contributed by atoms with Crippen LogP contribution in [0.4, 0.5) is 0 Å². The van der Waals surface area contributed by atoms with E-state index in [-0.39, 0.29) is 0 Å². The van der Waals surface area contributed by atoms with E-state index in [1.807, 2.05) is 0 Å². The maximum atomic E-state index is 4.52. The molecule has 0 N–H and O–H groups in total. The van der Waals surface area contributed by atoms with Gasteiger partial charge in [-0.1, -0.05) is 109 Å². The summed E-state index contributed by atoms with van der Waals surface area (Å²) in [5.41, 5.74) is 1.41. The molecule has 1 rings (SSSR count). The first-order valence-corrected chi connectivity index (χ1v) is 10.6. The minimum atomic E-state index is 1.15. The van der Waals surface area contributed by atoms with E-state index in [2.05, 4.69) is 43.8 Å². The predicted octanol–water partition coefficient (Wildman–Crippen LogP) is 8.00. The minimum Gasteiger partial charge on any atom is -0.143 e. The number of benzene rings is 1.